The molecule has 2 rings (SSSR count). The number of rotatable bonds is 4. The van der Waals surface area contributed by atoms with E-state index in [4.69, 9.17) is 11.6 Å². The molecule has 1 heterocycles. The van der Waals surface area contributed by atoms with Crippen LogP contribution in [0.3, 0.4) is 0 Å². The van der Waals surface area contributed by atoms with E-state index in [9.17, 15) is 4.79 Å². The van der Waals surface area contributed by atoms with Crippen molar-refractivity contribution >= 4 is 28.8 Å². The Labute approximate surface area is 92.3 Å². The van der Waals surface area contributed by atoms with Crippen LogP contribution in [0.1, 0.15) is 23.2 Å². The summed E-state index contributed by atoms with van der Waals surface area (Å²) in [6, 6.07) is 1.83. The molecular formula is C10H12ClNOS. The van der Waals surface area contributed by atoms with E-state index >= 15 is 0 Å². The van der Waals surface area contributed by atoms with Gasteiger partial charge in [0.15, 0.2) is 0 Å². The van der Waals surface area contributed by atoms with Crippen LogP contribution in [0, 0.1) is 5.41 Å². The monoisotopic (exact) mass is 229 g/mol. The van der Waals surface area contributed by atoms with Crippen LogP contribution < -0.4 is 5.32 Å². The SMILES string of the molecule is O=C(NCC1(CCl)CC1)c1ccsc1. The van der Waals surface area contributed by atoms with Crippen molar-refractivity contribution in [3.8, 4) is 0 Å². The van der Waals surface area contributed by atoms with Gasteiger partial charge < -0.3 is 5.32 Å². The molecule has 4 heteroatoms. The highest BCUT2D eigenvalue weighted by Crippen LogP contribution is 2.45. The number of carbonyl (C=O) groups excluding carboxylic acids is 1. The smallest absolute Gasteiger partial charge is 0.252 e. The standard InChI is InChI=1S/C10H12ClNOS/c11-6-10(2-3-10)7-12-9(13)8-1-4-14-5-8/h1,4-5H,2-3,6-7H2,(H,12,13). The first kappa shape index (κ1) is 9.99. The molecule has 1 aliphatic rings. The summed E-state index contributed by atoms with van der Waals surface area (Å²) in [6.45, 7) is 0.713. The van der Waals surface area contributed by atoms with E-state index in [1.165, 1.54) is 11.3 Å². The summed E-state index contributed by atoms with van der Waals surface area (Å²) < 4.78 is 0. The fraction of sp³-hybridized carbons (Fsp3) is 0.500. The van der Waals surface area contributed by atoms with Gasteiger partial charge in [-0.05, 0) is 24.3 Å². The number of alkyl halides is 1. The number of thiophene rings is 1. The maximum Gasteiger partial charge on any atom is 0.252 e. The maximum atomic E-state index is 11.5. The van der Waals surface area contributed by atoms with Crippen molar-refractivity contribution in [1.29, 1.82) is 0 Å². The minimum absolute atomic E-state index is 0.0163. The van der Waals surface area contributed by atoms with Gasteiger partial charge in [-0.15, -0.1) is 11.6 Å². The molecule has 1 amide bonds. The Balaban J connectivity index is 1.84. The van der Waals surface area contributed by atoms with Gasteiger partial charge in [0.25, 0.3) is 5.91 Å². The third kappa shape index (κ3) is 2.10. The van der Waals surface area contributed by atoms with Crippen LogP contribution in [0.25, 0.3) is 0 Å². The molecule has 0 radical (unpaired) electrons. The molecule has 0 bridgehead atoms. The highest BCUT2D eigenvalue weighted by molar-refractivity contribution is 7.08. The Morgan fingerprint density at radius 3 is 2.93 bits per heavy atom. The first-order valence-corrected chi connectivity index (χ1v) is 6.10. The minimum atomic E-state index is 0.0163. The molecule has 14 heavy (non-hydrogen) atoms. The second kappa shape index (κ2) is 3.91. The van der Waals surface area contributed by atoms with E-state index in [-0.39, 0.29) is 11.3 Å². The topological polar surface area (TPSA) is 29.1 Å². The van der Waals surface area contributed by atoms with Crippen molar-refractivity contribution in [1.82, 2.24) is 5.32 Å². The molecule has 0 aromatic carbocycles. The van der Waals surface area contributed by atoms with Gasteiger partial charge in [0.1, 0.15) is 0 Å². The predicted octanol–water partition coefficient (Wildman–Crippen LogP) is 2.50. The number of carbonyl (C=O) groups is 1. The van der Waals surface area contributed by atoms with Crippen molar-refractivity contribution in [3.05, 3.63) is 22.4 Å². The number of nitrogens with one attached hydrogen (secondary N) is 1. The Morgan fingerprint density at radius 1 is 1.64 bits per heavy atom. The first-order chi connectivity index (χ1) is 6.76. The van der Waals surface area contributed by atoms with Gasteiger partial charge in [-0.25, -0.2) is 0 Å². The van der Waals surface area contributed by atoms with Crippen LogP contribution in [-0.2, 0) is 0 Å². The third-order valence-corrected chi connectivity index (χ3v) is 3.90. The molecule has 1 aliphatic carbocycles. The van der Waals surface area contributed by atoms with Crippen molar-refractivity contribution in [3.63, 3.8) is 0 Å². The Hall–Kier alpha value is -0.540. The predicted molar refractivity (Wildman–Crippen MR) is 59.0 cm³/mol. The lowest BCUT2D eigenvalue weighted by atomic mass is 10.1. The van der Waals surface area contributed by atoms with Gasteiger partial charge in [-0.2, -0.15) is 11.3 Å². The van der Waals surface area contributed by atoms with Gasteiger partial charge in [0.2, 0.25) is 0 Å². The van der Waals surface area contributed by atoms with Crippen LogP contribution >= 0.6 is 22.9 Å². The fourth-order valence-corrected chi connectivity index (χ4v) is 2.30. The van der Waals surface area contributed by atoms with E-state index in [2.05, 4.69) is 5.32 Å². The molecular weight excluding hydrogens is 218 g/mol. The van der Waals surface area contributed by atoms with Crippen molar-refractivity contribution in [2.24, 2.45) is 5.41 Å². The molecule has 1 aromatic rings. The molecule has 1 aromatic heterocycles. The number of hydrogen-bond donors (Lipinski definition) is 1. The zero-order valence-corrected chi connectivity index (χ0v) is 9.33. The molecule has 1 N–H and O–H groups in total. The maximum absolute atomic E-state index is 11.5. The molecule has 0 aliphatic heterocycles. The summed E-state index contributed by atoms with van der Waals surface area (Å²) in [5.41, 5.74) is 0.952. The van der Waals surface area contributed by atoms with Crippen LogP contribution in [0.2, 0.25) is 0 Å². The van der Waals surface area contributed by atoms with Crippen LogP contribution in [0.15, 0.2) is 16.8 Å². The summed E-state index contributed by atoms with van der Waals surface area (Å²) in [5, 5.41) is 6.68. The van der Waals surface area contributed by atoms with Crippen LogP contribution in [0.5, 0.6) is 0 Å². The molecule has 1 saturated carbocycles. The first-order valence-electron chi connectivity index (χ1n) is 4.62. The highest BCUT2D eigenvalue weighted by Gasteiger charge is 2.41. The van der Waals surface area contributed by atoms with E-state index in [1.807, 2.05) is 16.8 Å². The quantitative estimate of drug-likeness (QED) is 0.790. The average molecular weight is 230 g/mol. The van der Waals surface area contributed by atoms with Crippen LogP contribution in [0.4, 0.5) is 0 Å². The molecule has 0 saturated heterocycles. The second-order valence-corrected chi connectivity index (χ2v) is 4.88. The third-order valence-electron chi connectivity index (χ3n) is 2.65. The summed E-state index contributed by atoms with van der Waals surface area (Å²) in [5.74, 6) is 0.666. The lowest BCUT2D eigenvalue weighted by Gasteiger charge is -2.11. The van der Waals surface area contributed by atoms with Gasteiger partial charge in [0, 0.05) is 28.8 Å². The van der Waals surface area contributed by atoms with Crippen molar-refractivity contribution in [2.75, 3.05) is 12.4 Å². The lowest BCUT2D eigenvalue weighted by Crippen LogP contribution is -2.30. The molecule has 76 valence electrons. The number of hydrogen-bond acceptors (Lipinski definition) is 2. The molecule has 0 spiro atoms. The normalized spacial score (nSPS) is 17.8. The summed E-state index contributed by atoms with van der Waals surface area (Å²) >= 11 is 7.35. The fourth-order valence-electron chi connectivity index (χ4n) is 1.30. The van der Waals surface area contributed by atoms with Crippen LogP contribution in [-0.4, -0.2) is 18.3 Å². The van der Waals surface area contributed by atoms with E-state index in [1.54, 1.807) is 0 Å². The van der Waals surface area contributed by atoms with E-state index in [0.717, 1.165) is 18.4 Å². The van der Waals surface area contributed by atoms with Gasteiger partial charge in [-0.3, -0.25) is 4.79 Å². The summed E-state index contributed by atoms with van der Waals surface area (Å²) in [4.78, 5) is 11.5. The van der Waals surface area contributed by atoms with Gasteiger partial charge in [0.05, 0.1) is 0 Å². The largest absolute Gasteiger partial charge is 0.351 e. The summed E-state index contributed by atoms with van der Waals surface area (Å²) in [7, 11) is 0. The van der Waals surface area contributed by atoms with Crippen molar-refractivity contribution < 1.29 is 4.79 Å². The van der Waals surface area contributed by atoms with E-state index in [0.29, 0.717) is 12.4 Å². The van der Waals surface area contributed by atoms with E-state index < -0.39 is 0 Å². The Kier molecular flexibility index (Phi) is 2.79. The number of amides is 1. The average Bonchev–Trinajstić information content (AvgIpc) is 2.78. The minimum Gasteiger partial charge on any atom is -0.351 e. The zero-order chi connectivity index (χ0) is 10.0. The van der Waals surface area contributed by atoms with Gasteiger partial charge in [-0.1, -0.05) is 0 Å². The molecule has 0 unspecified atom stereocenters. The molecule has 1 fully saturated rings. The summed E-state index contributed by atoms with van der Waals surface area (Å²) in [6.07, 6.45) is 2.28. The molecule has 0 atom stereocenters. The Morgan fingerprint density at radius 2 is 2.43 bits per heavy atom. The van der Waals surface area contributed by atoms with Crippen molar-refractivity contribution in [2.45, 2.75) is 12.8 Å². The zero-order valence-electron chi connectivity index (χ0n) is 7.75. The Bertz CT molecular complexity index is 319. The van der Waals surface area contributed by atoms with Gasteiger partial charge >= 0.3 is 0 Å². The number of halogens is 1. The highest BCUT2D eigenvalue weighted by atomic mass is 35.5. The second-order valence-electron chi connectivity index (χ2n) is 3.83. The lowest BCUT2D eigenvalue weighted by molar-refractivity contribution is 0.0947. The molecule has 2 nitrogen and oxygen atoms in total.